The molecule has 4 aromatic rings. The zero-order chi connectivity index (χ0) is 18.4. The molecule has 1 aliphatic rings. The van der Waals surface area contributed by atoms with Crippen LogP contribution in [0.15, 0.2) is 29.8 Å². The Morgan fingerprint density at radius 1 is 1.26 bits per heavy atom. The number of aromatic amines is 2. The first kappa shape index (κ1) is 16.5. The Labute approximate surface area is 160 Å². The maximum Gasteiger partial charge on any atom is 0.130 e. The van der Waals surface area contributed by atoms with Gasteiger partial charge >= 0.3 is 0 Å². The second-order valence-electron chi connectivity index (χ2n) is 6.84. The van der Waals surface area contributed by atoms with Crippen LogP contribution in [0.25, 0.3) is 32.9 Å². The third-order valence-corrected chi connectivity index (χ3v) is 6.08. The van der Waals surface area contributed by atoms with Gasteiger partial charge in [-0.1, -0.05) is 0 Å². The fourth-order valence-electron chi connectivity index (χ4n) is 3.60. The van der Waals surface area contributed by atoms with E-state index in [-0.39, 0.29) is 6.04 Å². The summed E-state index contributed by atoms with van der Waals surface area (Å²) in [6.07, 6.45) is 1.74. The highest BCUT2D eigenvalue weighted by molar-refractivity contribution is 7.13. The lowest BCUT2D eigenvalue weighted by Crippen LogP contribution is -2.44. The molecule has 0 aliphatic carbocycles. The number of rotatable bonds is 3. The maximum atomic E-state index is 5.61. The SMILES string of the molecule is Cc1ccsc1-c1cc(N2CCOCC2C)nc2c(-c3ccn[nH]3)[nH]nc12. The molecule has 1 fully saturated rings. The molecule has 1 atom stereocenters. The van der Waals surface area contributed by atoms with E-state index in [1.807, 2.05) is 6.07 Å². The van der Waals surface area contributed by atoms with Gasteiger partial charge < -0.3 is 9.64 Å². The molecule has 0 saturated carbocycles. The van der Waals surface area contributed by atoms with Crippen molar-refractivity contribution in [3.8, 4) is 21.8 Å². The van der Waals surface area contributed by atoms with Crippen LogP contribution >= 0.6 is 11.3 Å². The fraction of sp³-hybridized carbons (Fsp3) is 0.316. The van der Waals surface area contributed by atoms with Crippen LogP contribution < -0.4 is 4.90 Å². The quantitative estimate of drug-likeness (QED) is 0.567. The summed E-state index contributed by atoms with van der Waals surface area (Å²) in [6, 6.07) is 6.52. The van der Waals surface area contributed by atoms with Gasteiger partial charge in [-0.15, -0.1) is 11.3 Å². The molecule has 2 N–H and O–H groups in total. The van der Waals surface area contributed by atoms with E-state index >= 15 is 0 Å². The molecule has 5 rings (SSSR count). The number of thiophene rings is 1. The molecular weight excluding hydrogens is 360 g/mol. The van der Waals surface area contributed by atoms with Gasteiger partial charge in [0.2, 0.25) is 0 Å². The van der Waals surface area contributed by atoms with E-state index in [1.165, 1.54) is 10.4 Å². The molecule has 1 aliphatic heterocycles. The molecule has 8 heteroatoms. The van der Waals surface area contributed by atoms with Gasteiger partial charge in [-0.25, -0.2) is 4.98 Å². The summed E-state index contributed by atoms with van der Waals surface area (Å²) < 4.78 is 5.61. The summed E-state index contributed by atoms with van der Waals surface area (Å²) in [7, 11) is 0. The van der Waals surface area contributed by atoms with E-state index in [4.69, 9.17) is 9.72 Å². The topological polar surface area (TPSA) is 82.7 Å². The molecule has 7 nitrogen and oxygen atoms in total. The Morgan fingerprint density at radius 3 is 2.93 bits per heavy atom. The zero-order valence-electron chi connectivity index (χ0n) is 15.2. The number of aryl methyl sites for hydroxylation is 1. The Kier molecular flexibility index (Phi) is 3.95. The minimum atomic E-state index is 0.281. The van der Waals surface area contributed by atoms with Crippen molar-refractivity contribution in [1.82, 2.24) is 25.4 Å². The largest absolute Gasteiger partial charge is 0.377 e. The lowest BCUT2D eigenvalue weighted by molar-refractivity contribution is 0.0986. The molecule has 1 saturated heterocycles. The predicted molar refractivity (Wildman–Crippen MR) is 107 cm³/mol. The average molecular weight is 380 g/mol. The Hall–Kier alpha value is -2.71. The molecule has 5 heterocycles. The lowest BCUT2D eigenvalue weighted by atomic mass is 10.1. The van der Waals surface area contributed by atoms with E-state index < -0.39 is 0 Å². The van der Waals surface area contributed by atoms with Crippen molar-refractivity contribution in [3.63, 3.8) is 0 Å². The molecule has 138 valence electrons. The lowest BCUT2D eigenvalue weighted by Gasteiger charge is -2.34. The molecule has 4 aromatic heterocycles. The summed E-state index contributed by atoms with van der Waals surface area (Å²) >= 11 is 1.74. The second-order valence-corrected chi connectivity index (χ2v) is 7.76. The van der Waals surface area contributed by atoms with Gasteiger partial charge in [-0.3, -0.25) is 10.2 Å². The highest BCUT2D eigenvalue weighted by atomic mass is 32.1. The van der Waals surface area contributed by atoms with Crippen molar-refractivity contribution in [2.24, 2.45) is 0 Å². The van der Waals surface area contributed by atoms with Crippen LogP contribution in [-0.2, 0) is 4.74 Å². The van der Waals surface area contributed by atoms with E-state index in [2.05, 4.69) is 56.7 Å². The number of hydrogen-bond acceptors (Lipinski definition) is 6. The van der Waals surface area contributed by atoms with E-state index in [9.17, 15) is 0 Å². The number of nitrogens with one attached hydrogen (secondary N) is 2. The summed E-state index contributed by atoms with van der Waals surface area (Å²) in [6.45, 7) is 6.58. The van der Waals surface area contributed by atoms with Crippen molar-refractivity contribution < 1.29 is 4.74 Å². The van der Waals surface area contributed by atoms with Crippen molar-refractivity contribution in [1.29, 1.82) is 0 Å². The van der Waals surface area contributed by atoms with Gasteiger partial charge in [0.05, 0.1) is 24.9 Å². The van der Waals surface area contributed by atoms with Crippen LogP contribution in [0.3, 0.4) is 0 Å². The van der Waals surface area contributed by atoms with Crippen LogP contribution in [0.5, 0.6) is 0 Å². The minimum Gasteiger partial charge on any atom is -0.377 e. The summed E-state index contributed by atoms with van der Waals surface area (Å²) in [4.78, 5) is 8.55. The number of morpholine rings is 1. The second kappa shape index (κ2) is 6.47. The molecule has 0 radical (unpaired) electrons. The van der Waals surface area contributed by atoms with Gasteiger partial charge in [-0.05, 0) is 43.0 Å². The van der Waals surface area contributed by atoms with E-state index in [1.54, 1.807) is 17.5 Å². The first-order chi connectivity index (χ1) is 13.2. The number of fused-ring (bicyclic) bond motifs is 1. The fourth-order valence-corrected chi connectivity index (χ4v) is 4.54. The summed E-state index contributed by atoms with van der Waals surface area (Å²) in [5.74, 6) is 0.961. The number of H-pyrrole nitrogens is 2. The monoisotopic (exact) mass is 380 g/mol. The maximum absolute atomic E-state index is 5.61. The number of ether oxygens (including phenoxy) is 1. The number of aromatic nitrogens is 5. The molecule has 0 bridgehead atoms. The van der Waals surface area contributed by atoms with E-state index in [0.717, 1.165) is 47.0 Å². The standard InChI is InChI=1S/C19H20N6OS/c1-11-4-8-27-19(11)13-9-15(25-6-7-26-10-12(25)2)21-18-16(13)23-24-17(18)14-3-5-20-22-14/h3-5,8-9,12H,6-7,10H2,1-2H3,(H,20,22)(H,23,24). The van der Waals surface area contributed by atoms with Crippen molar-refractivity contribution >= 4 is 28.2 Å². The van der Waals surface area contributed by atoms with Crippen molar-refractivity contribution in [2.75, 3.05) is 24.7 Å². The van der Waals surface area contributed by atoms with Crippen LogP contribution in [-0.4, -0.2) is 51.2 Å². The molecule has 0 aromatic carbocycles. The number of anilines is 1. The number of hydrogen-bond donors (Lipinski definition) is 2. The summed E-state index contributed by atoms with van der Waals surface area (Å²) in [5, 5.41) is 17.0. The minimum absolute atomic E-state index is 0.281. The smallest absolute Gasteiger partial charge is 0.130 e. The number of nitrogens with zero attached hydrogens (tertiary/aromatic N) is 4. The zero-order valence-corrected chi connectivity index (χ0v) is 16.0. The molecule has 1 unspecified atom stereocenters. The molecule has 0 spiro atoms. The highest BCUT2D eigenvalue weighted by Gasteiger charge is 2.24. The van der Waals surface area contributed by atoms with Gasteiger partial charge in [0.15, 0.2) is 0 Å². The van der Waals surface area contributed by atoms with Crippen LogP contribution in [0.4, 0.5) is 5.82 Å². The van der Waals surface area contributed by atoms with E-state index in [0.29, 0.717) is 6.61 Å². The Morgan fingerprint density at radius 2 is 2.19 bits per heavy atom. The first-order valence-corrected chi connectivity index (χ1v) is 9.88. The Bertz CT molecular complexity index is 1080. The highest BCUT2D eigenvalue weighted by Crippen LogP contribution is 2.38. The predicted octanol–water partition coefficient (Wildman–Crippen LogP) is 3.61. The molecule has 0 amide bonds. The third-order valence-electron chi connectivity index (χ3n) is 5.03. The average Bonchev–Trinajstić information content (AvgIpc) is 3.41. The van der Waals surface area contributed by atoms with Crippen LogP contribution in [0, 0.1) is 6.92 Å². The molecule has 27 heavy (non-hydrogen) atoms. The van der Waals surface area contributed by atoms with Gasteiger partial charge in [0, 0.05) is 23.2 Å². The molecular formula is C19H20N6OS. The number of pyridine rings is 1. The van der Waals surface area contributed by atoms with Gasteiger partial charge in [0.25, 0.3) is 0 Å². The third kappa shape index (κ3) is 2.72. The normalized spacial score (nSPS) is 17.7. The Balaban J connectivity index is 1.76. The van der Waals surface area contributed by atoms with Gasteiger partial charge in [0.1, 0.15) is 22.5 Å². The van der Waals surface area contributed by atoms with Crippen LogP contribution in [0.2, 0.25) is 0 Å². The van der Waals surface area contributed by atoms with Crippen molar-refractivity contribution in [2.45, 2.75) is 19.9 Å². The summed E-state index contributed by atoms with van der Waals surface area (Å²) in [5.41, 5.74) is 5.85. The van der Waals surface area contributed by atoms with Gasteiger partial charge in [-0.2, -0.15) is 10.2 Å². The first-order valence-electron chi connectivity index (χ1n) is 9.00. The van der Waals surface area contributed by atoms with Crippen molar-refractivity contribution in [3.05, 3.63) is 35.3 Å². The van der Waals surface area contributed by atoms with Crippen LogP contribution in [0.1, 0.15) is 12.5 Å².